The molecule has 0 spiro atoms. The SMILES string of the molecule is Fc1ccc(N2CCC(NCCOc3cccc4cccnc34)C2)cc1. The molecule has 1 atom stereocenters. The molecule has 1 aliphatic heterocycles. The molecule has 0 saturated carbocycles. The molecule has 2 aromatic carbocycles. The number of benzene rings is 2. The van der Waals surface area contributed by atoms with Gasteiger partial charge in [-0.25, -0.2) is 4.39 Å². The Kier molecular flexibility index (Phi) is 4.97. The summed E-state index contributed by atoms with van der Waals surface area (Å²) in [7, 11) is 0. The van der Waals surface area contributed by atoms with Gasteiger partial charge in [-0.3, -0.25) is 4.98 Å². The van der Waals surface area contributed by atoms with E-state index < -0.39 is 0 Å². The van der Waals surface area contributed by atoms with Crippen LogP contribution in [0, 0.1) is 5.82 Å². The van der Waals surface area contributed by atoms with E-state index in [-0.39, 0.29) is 5.82 Å². The average Bonchev–Trinajstić information content (AvgIpc) is 3.15. The predicted molar refractivity (Wildman–Crippen MR) is 102 cm³/mol. The molecule has 1 N–H and O–H groups in total. The Morgan fingerprint density at radius 1 is 1.12 bits per heavy atom. The van der Waals surface area contributed by atoms with E-state index in [9.17, 15) is 4.39 Å². The molecule has 1 fully saturated rings. The van der Waals surface area contributed by atoms with E-state index in [1.165, 1.54) is 12.1 Å². The van der Waals surface area contributed by atoms with Gasteiger partial charge in [0.1, 0.15) is 23.7 Å². The van der Waals surface area contributed by atoms with Crippen LogP contribution in [0.2, 0.25) is 0 Å². The van der Waals surface area contributed by atoms with Crippen molar-refractivity contribution in [3.05, 3.63) is 66.6 Å². The summed E-state index contributed by atoms with van der Waals surface area (Å²) in [5.41, 5.74) is 1.98. The van der Waals surface area contributed by atoms with Crippen molar-refractivity contribution >= 4 is 16.6 Å². The number of nitrogens with one attached hydrogen (secondary N) is 1. The highest BCUT2D eigenvalue weighted by atomic mass is 19.1. The van der Waals surface area contributed by atoms with Crippen LogP contribution in [0.4, 0.5) is 10.1 Å². The van der Waals surface area contributed by atoms with Crippen LogP contribution in [0.1, 0.15) is 6.42 Å². The van der Waals surface area contributed by atoms with Crippen LogP contribution in [0.5, 0.6) is 5.75 Å². The minimum absolute atomic E-state index is 0.192. The van der Waals surface area contributed by atoms with Crippen LogP contribution < -0.4 is 15.0 Å². The van der Waals surface area contributed by atoms with Crippen molar-refractivity contribution in [3.63, 3.8) is 0 Å². The summed E-state index contributed by atoms with van der Waals surface area (Å²) in [6, 6.07) is 17.1. The Morgan fingerprint density at radius 3 is 2.85 bits per heavy atom. The zero-order valence-corrected chi connectivity index (χ0v) is 14.6. The van der Waals surface area contributed by atoms with Crippen molar-refractivity contribution in [3.8, 4) is 5.75 Å². The van der Waals surface area contributed by atoms with E-state index in [0.717, 1.165) is 48.4 Å². The number of pyridine rings is 1. The lowest BCUT2D eigenvalue weighted by Gasteiger charge is -2.19. The Morgan fingerprint density at radius 2 is 1.96 bits per heavy atom. The van der Waals surface area contributed by atoms with Gasteiger partial charge in [-0.05, 0) is 42.8 Å². The minimum atomic E-state index is -0.192. The van der Waals surface area contributed by atoms with Gasteiger partial charge < -0.3 is 15.0 Å². The summed E-state index contributed by atoms with van der Waals surface area (Å²) in [6.45, 7) is 3.30. The molecule has 4 nitrogen and oxygen atoms in total. The second-order valence-corrected chi connectivity index (χ2v) is 6.54. The van der Waals surface area contributed by atoms with E-state index in [1.807, 2.05) is 42.5 Å². The molecule has 4 rings (SSSR count). The maximum absolute atomic E-state index is 13.0. The van der Waals surface area contributed by atoms with E-state index >= 15 is 0 Å². The largest absolute Gasteiger partial charge is 0.490 e. The highest BCUT2D eigenvalue weighted by molar-refractivity contribution is 5.84. The van der Waals surface area contributed by atoms with Crippen LogP contribution in [-0.4, -0.2) is 37.3 Å². The number of anilines is 1. The first-order valence-electron chi connectivity index (χ1n) is 9.00. The Labute approximate surface area is 152 Å². The molecule has 1 aromatic heterocycles. The van der Waals surface area contributed by atoms with Gasteiger partial charge in [0.25, 0.3) is 0 Å². The number of aromatic nitrogens is 1. The summed E-state index contributed by atoms with van der Waals surface area (Å²) in [6.07, 6.45) is 2.86. The van der Waals surface area contributed by atoms with Gasteiger partial charge >= 0.3 is 0 Å². The van der Waals surface area contributed by atoms with Crippen molar-refractivity contribution in [1.82, 2.24) is 10.3 Å². The number of nitrogens with zero attached hydrogens (tertiary/aromatic N) is 2. The third-order valence-electron chi connectivity index (χ3n) is 4.77. The highest BCUT2D eigenvalue weighted by Crippen LogP contribution is 2.23. The molecular formula is C21H22FN3O. The summed E-state index contributed by atoms with van der Waals surface area (Å²) < 4.78 is 19.0. The first-order chi connectivity index (χ1) is 12.8. The van der Waals surface area contributed by atoms with E-state index in [0.29, 0.717) is 12.6 Å². The monoisotopic (exact) mass is 351 g/mol. The molecule has 0 bridgehead atoms. The van der Waals surface area contributed by atoms with Crippen LogP contribution in [-0.2, 0) is 0 Å². The van der Waals surface area contributed by atoms with Crippen molar-refractivity contribution in [2.45, 2.75) is 12.5 Å². The van der Waals surface area contributed by atoms with Gasteiger partial charge in [0.05, 0.1) is 0 Å². The lowest BCUT2D eigenvalue weighted by atomic mass is 10.2. The third-order valence-corrected chi connectivity index (χ3v) is 4.77. The number of halogens is 1. The van der Waals surface area contributed by atoms with Crippen LogP contribution in [0.25, 0.3) is 10.9 Å². The number of para-hydroxylation sites is 1. The standard InChI is InChI=1S/C21H22FN3O/c22-17-6-8-19(9-7-17)25-13-10-18(15-25)23-12-14-26-20-5-1-3-16-4-2-11-24-21(16)20/h1-9,11,18,23H,10,12-15H2. The molecule has 5 heteroatoms. The molecule has 1 saturated heterocycles. The first-order valence-corrected chi connectivity index (χ1v) is 9.00. The van der Waals surface area contributed by atoms with Gasteiger partial charge in [0.15, 0.2) is 0 Å². The van der Waals surface area contributed by atoms with Crippen molar-refractivity contribution in [2.75, 3.05) is 31.1 Å². The Hall–Kier alpha value is -2.66. The van der Waals surface area contributed by atoms with Crippen molar-refractivity contribution < 1.29 is 9.13 Å². The fraction of sp³-hybridized carbons (Fsp3) is 0.286. The quantitative estimate of drug-likeness (QED) is 0.688. The van der Waals surface area contributed by atoms with Crippen molar-refractivity contribution in [2.24, 2.45) is 0 Å². The highest BCUT2D eigenvalue weighted by Gasteiger charge is 2.22. The second kappa shape index (κ2) is 7.70. The number of rotatable bonds is 6. The van der Waals surface area contributed by atoms with Crippen LogP contribution in [0.3, 0.4) is 0 Å². The van der Waals surface area contributed by atoms with E-state index in [1.54, 1.807) is 6.20 Å². The summed E-state index contributed by atoms with van der Waals surface area (Å²) in [5.74, 6) is 0.631. The Balaban J connectivity index is 1.26. The minimum Gasteiger partial charge on any atom is -0.490 e. The first kappa shape index (κ1) is 16.8. The lowest BCUT2D eigenvalue weighted by molar-refractivity contribution is 0.310. The maximum atomic E-state index is 13.0. The number of ether oxygens (including phenoxy) is 1. The molecule has 0 amide bonds. The molecule has 26 heavy (non-hydrogen) atoms. The molecule has 2 heterocycles. The van der Waals surface area contributed by atoms with Crippen LogP contribution >= 0.6 is 0 Å². The third kappa shape index (κ3) is 3.78. The fourth-order valence-electron chi connectivity index (χ4n) is 3.43. The van der Waals surface area contributed by atoms with Gasteiger partial charge in [-0.15, -0.1) is 0 Å². The maximum Gasteiger partial charge on any atom is 0.145 e. The summed E-state index contributed by atoms with van der Waals surface area (Å²) >= 11 is 0. The molecule has 0 radical (unpaired) electrons. The Bertz CT molecular complexity index is 863. The molecule has 3 aromatic rings. The smallest absolute Gasteiger partial charge is 0.145 e. The predicted octanol–water partition coefficient (Wildman–Crippen LogP) is 3.62. The fourth-order valence-corrected chi connectivity index (χ4v) is 3.43. The van der Waals surface area contributed by atoms with Gasteiger partial charge in [-0.2, -0.15) is 0 Å². The molecule has 134 valence electrons. The molecule has 1 aliphatic rings. The van der Waals surface area contributed by atoms with E-state index in [2.05, 4.69) is 15.2 Å². The summed E-state index contributed by atoms with van der Waals surface area (Å²) in [5, 5.41) is 4.64. The van der Waals surface area contributed by atoms with Gasteiger partial charge in [0, 0.05) is 42.9 Å². The number of fused-ring (bicyclic) bond motifs is 1. The second-order valence-electron chi connectivity index (χ2n) is 6.54. The normalized spacial score (nSPS) is 17.0. The number of hydrogen-bond acceptors (Lipinski definition) is 4. The zero-order valence-electron chi connectivity index (χ0n) is 14.6. The topological polar surface area (TPSA) is 37.4 Å². The number of hydrogen-bond donors (Lipinski definition) is 1. The molecule has 1 unspecified atom stereocenters. The zero-order chi connectivity index (χ0) is 17.8. The average molecular weight is 351 g/mol. The molecular weight excluding hydrogens is 329 g/mol. The van der Waals surface area contributed by atoms with Crippen molar-refractivity contribution in [1.29, 1.82) is 0 Å². The van der Waals surface area contributed by atoms with Gasteiger partial charge in [-0.1, -0.05) is 18.2 Å². The molecule has 0 aliphatic carbocycles. The van der Waals surface area contributed by atoms with Gasteiger partial charge in [0.2, 0.25) is 0 Å². The summed E-state index contributed by atoms with van der Waals surface area (Å²) in [4.78, 5) is 6.69. The van der Waals surface area contributed by atoms with E-state index in [4.69, 9.17) is 4.74 Å². The lowest BCUT2D eigenvalue weighted by Crippen LogP contribution is -2.35. The van der Waals surface area contributed by atoms with Crippen LogP contribution in [0.15, 0.2) is 60.8 Å².